The van der Waals surface area contributed by atoms with Crippen LogP contribution in [0.5, 0.6) is 0 Å². The fourth-order valence-corrected chi connectivity index (χ4v) is 2.22. The van der Waals surface area contributed by atoms with Gasteiger partial charge >= 0.3 is 5.97 Å². The first-order valence-corrected chi connectivity index (χ1v) is 5.41. The maximum atomic E-state index is 11.3. The second-order valence-electron chi connectivity index (χ2n) is 2.72. The van der Waals surface area contributed by atoms with Crippen LogP contribution in [0.2, 0.25) is 0 Å². The van der Waals surface area contributed by atoms with Crippen LogP contribution in [-0.2, 0) is 14.6 Å². The molecule has 0 aliphatic rings. The molecule has 0 aliphatic carbocycles. The summed E-state index contributed by atoms with van der Waals surface area (Å²) in [5.74, 6) is -1.88. The minimum atomic E-state index is -3.87. The van der Waals surface area contributed by atoms with Crippen LogP contribution in [-0.4, -0.2) is 36.7 Å². The van der Waals surface area contributed by atoms with E-state index in [9.17, 15) is 13.2 Å². The van der Waals surface area contributed by atoms with E-state index in [1.54, 1.807) is 6.92 Å². The van der Waals surface area contributed by atoms with Crippen LogP contribution < -0.4 is 11.5 Å². The Hall–Kier alpha value is -0.660. The van der Waals surface area contributed by atoms with Gasteiger partial charge in [-0.2, -0.15) is 0 Å². The zero-order valence-electron chi connectivity index (χ0n) is 7.36. The van der Waals surface area contributed by atoms with Crippen molar-refractivity contribution in [3.63, 3.8) is 0 Å². The quantitative estimate of drug-likeness (QED) is 0.508. The molecule has 5 N–H and O–H groups in total. The van der Waals surface area contributed by atoms with Crippen LogP contribution >= 0.6 is 0 Å². The average Bonchev–Trinajstić information content (AvgIpc) is 2.02. The molecule has 13 heavy (non-hydrogen) atoms. The molecule has 0 heterocycles. The van der Waals surface area contributed by atoms with Crippen molar-refractivity contribution in [1.29, 1.82) is 0 Å². The summed E-state index contributed by atoms with van der Waals surface area (Å²) in [6.07, 6.45) is 0.314. The number of aliphatic carboxylic acids is 1. The van der Waals surface area contributed by atoms with Gasteiger partial charge in [-0.3, -0.25) is 0 Å². The highest BCUT2D eigenvalue weighted by molar-refractivity contribution is 7.93. The van der Waals surface area contributed by atoms with E-state index < -0.39 is 27.2 Å². The highest BCUT2D eigenvalue weighted by Crippen LogP contribution is 2.11. The Kier molecular flexibility index (Phi) is 3.83. The molecule has 0 aliphatic heterocycles. The van der Waals surface area contributed by atoms with E-state index in [0.29, 0.717) is 6.42 Å². The summed E-state index contributed by atoms with van der Waals surface area (Å²) in [7, 11) is -3.87. The minimum Gasteiger partial charge on any atom is -0.479 e. The fourth-order valence-electron chi connectivity index (χ4n) is 0.798. The first kappa shape index (κ1) is 12.3. The summed E-state index contributed by atoms with van der Waals surface area (Å²) >= 11 is 0. The maximum Gasteiger partial charge on any atom is 0.340 e. The summed E-state index contributed by atoms with van der Waals surface area (Å²) in [6.45, 7) is 1.00. The van der Waals surface area contributed by atoms with Gasteiger partial charge in [0.2, 0.25) is 4.87 Å². The average molecular weight is 210 g/mol. The van der Waals surface area contributed by atoms with E-state index in [1.807, 2.05) is 0 Å². The van der Waals surface area contributed by atoms with E-state index in [-0.39, 0.29) is 5.75 Å². The lowest BCUT2D eigenvalue weighted by molar-refractivity contribution is -0.139. The topological polar surface area (TPSA) is 123 Å². The lowest BCUT2D eigenvalue weighted by Gasteiger charge is -2.22. The number of nitrogens with two attached hydrogens (primary N) is 2. The van der Waals surface area contributed by atoms with Gasteiger partial charge in [0.1, 0.15) is 0 Å². The Morgan fingerprint density at radius 3 is 2.23 bits per heavy atom. The molecule has 0 fully saturated rings. The molecule has 0 amide bonds. The van der Waals surface area contributed by atoms with Gasteiger partial charge in [0.25, 0.3) is 0 Å². The van der Waals surface area contributed by atoms with Crippen molar-refractivity contribution in [2.45, 2.75) is 18.2 Å². The van der Waals surface area contributed by atoms with E-state index >= 15 is 0 Å². The van der Waals surface area contributed by atoms with Gasteiger partial charge in [-0.05, 0) is 6.42 Å². The van der Waals surface area contributed by atoms with Crippen molar-refractivity contribution < 1.29 is 18.3 Å². The molecule has 0 radical (unpaired) electrons. The molecular formula is C6H14N2O4S. The Morgan fingerprint density at radius 1 is 1.54 bits per heavy atom. The Balaban J connectivity index is 5.09. The summed E-state index contributed by atoms with van der Waals surface area (Å²) in [5, 5.41) is 8.61. The number of carboxylic acid groups (broad SMARTS) is 1. The smallest absolute Gasteiger partial charge is 0.340 e. The standard InChI is InChI=1S/C6H14N2O4S/c1-2-3-13(11,12)6(8,4-7)5(9)10/h2-4,7-8H2,1H3,(H,9,10)/t6-/m0/s1. The van der Waals surface area contributed by atoms with Crippen LogP contribution in [0.3, 0.4) is 0 Å². The van der Waals surface area contributed by atoms with Crippen molar-refractivity contribution in [1.82, 2.24) is 0 Å². The summed E-state index contributed by atoms with van der Waals surface area (Å²) < 4.78 is 22.7. The van der Waals surface area contributed by atoms with E-state index in [0.717, 1.165) is 0 Å². The van der Waals surface area contributed by atoms with E-state index in [2.05, 4.69) is 0 Å². The van der Waals surface area contributed by atoms with Crippen molar-refractivity contribution in [3.05, 3.63) is 0 Å². The zero-order chi connectivity index (χ0) is 10.7. The fraction of sp³-hybridized carbons (Fsp3) is 0.833. The third-order valence-electron chi connectivity index (χ3n) is 1.69. The van der Waals surface area contributed by atoms with Gasteiger partial charge in [-0.15, -0.1) is 0 Å². The summed E-state index contributed by atoms with van der Waals surface area (Å²) in [5.41, 5.74) is 10.2. The SMILES string of the molecule is CCCS(=O)(=O)[C@@](N)(CN)C(=O)O. The molecule has 7 heteroatoms. The van der Waals surface area contributed by atoms with E-state index in [1.165, 1.54) is 0 Å². The van der Waals surface area contributed by atoms with Crippen LogP contribution in [0.15, 0.2) is 0 Å². The van der Waals surface area contributed by atoms with Crippen molar-refractivity contribution in [2.75, 3.05) is 12.3 Å². The molecule has 0 aromatic carbocycles. The minimum absolute atomic E-state index is 0.271. The third-order valence-corrected chi connectivity index (χ3v) is 4.09. The monoisotopic (exact) mass is 210 g/mol. The molecule has 6 nitrogen and oxygen atoms in total. The number of rotatable bonds is 5. The van der Waals surface area contributed by atoms with Crippen molar-refractivity contribution in [3.8, 4) is 0 Å². The zero-order valence-corrected chi connectivity index (χ0v) is 8.17. The molecular weight excluding hydrogens is 196 g/mol. The second-order valence-corrected chi connectivity index (χ2v) is 5.08. The number of carboxylic acids is 1. The van der Waals surface area contributed by atoms with Crippen LogP contribution in [0.25, 0.3) is 0 Å². The number of sulfone groups is 1. The molecule has 0 rings (SSSR count). The summed E-state index contributed by atoms with van der Waals surface area (Å²) in [4.78, 5) is 8.25. The molecule has 1 atom stereocenters. The van der Waals surface area contributed by atoms with Gasteiger partial charge in [-0.25, -0.2) is 13.2 Å². The lowest BCUT2D eigenvalue weighted by Crippen LogP contribution is -2.60. The Bertz CT molecular complexity index is 287. The first-order valence-electron chi connectivity index (χ1n) is 3.76. The Labute approximate surface area is 76.8 Å². The van der Waals surface area contributed by atoms with Crippen LogP contribution in [0, 0.1) is 0 Å². The normalized spacial score (nSPS) is 16.5. The maximum absolute atomic E-state index is 11.3. The van der Waals surface area contributed by atoms with Crippen LogP contribution in [0.1, 0.15) is 13.3 Å². The van der Waals surface area contributed by atoms with Crippen molar-refractivity contribution >= 4 is 15.8 Å². The number of hydrogen-bond donors (Lipinski definition) is 3. The van der Waals surface area contributed by atoms with Crippen molar-refractivity contribution in [2.24, 2.45) is 11.5 Å². The third kappa shape index (κ3) is 2.17. The van der Waals surface area contributed by atoms with Gasteiger partial charge in [-0.1, -0.05) is 6.92 Å². The highest BCUT2D eigenvalue weighted by Gasteiger charge is 2.45. The Morgan fingerprint density at radius 2 is 2.00 bits per heavy atom. The molecule has 0 aromatic heterocycles. The number of carbonyl (C=O) groups is 1. The molecule has 0 saturated heterocycles. The van der Waals surface area contributed by atoms with Gasteiger partial charge in [0.15, 0.2) is 9.84 Å². The largest absolute Gasteiger partial charge is 0.479 e. The molecule has 0 spiro atoms. The van der Waals surface area contributed by atoms with Gasteiger partial charge in [0.05, 0.1) is 5.75 Å². The van der Waals surface area contributed by atoms with E-state index in [4.69, 9.17) is 16.6 Å². The number of hydrogen-bond acceptors (Lipinski definition) is 5. The van der Waals surface area contributed by atoms with Gasteiger partial charge in [0, 0.05) is 6.54 Å². The molecule has 0 aromatic rings. The lowest BCUT2D eigenvalue weighted by atomic mass is 10.3. The summed E-state index contributed by atoms with van der Waals surface area (Å²) in [6, 6.07) is 0. The highest BCUT2D eigenvalue weighted by atomic mass is 32.2. The predicted octanol–water partition coefficient (Wildman–Crippen LogP) is -1.49. The molecule has 0 bridgehead atoms. The molecule has 78 valence electrons. The first-order chi connectivity index (χ1) is 5.81. The van der Waals surface area contributed by atoms with Gasteiger partial charge < -0.3 is 16.6 Å². The van der Waals surface area contributed by atoms with Crippen LogP contribution in [0.4, 0.5) is 0 Å². The predicted molar refractivity (Wildman–Crippen MR) is 47.7 cm³/mol. The molecule has 0 unspecified atom stereocenters. The molecule has 0 saturated carbocycles. The second kappa shape index (κ2) is 4.03.